The Bertz CT molecular complexity index is 404. The van der Waals surface area contributed by atoms with Crippen molar-refractivity contribution in [2.75, 3.05) is 19.8 Å². The van der Waals surface area contributed by atoms with E-state index in [-0.39, 0.29) is 37.1 Å². The van der Waals surface area contributed by atoms with Gasteiger partial charge in [0.25, 0.3) is 0 Å². The highest BCUT2D eigenvalue weighted by Crippen LogP contribution is 2.38. The summed E-state index contributed by atoms with van der Waals surface area (Å²) in [6.45, 7) is -0.664. The van der Waals surface area contributed by atoms with Crippen LogP contribution in [0.1, 0.15) is 25.7 Å². The van der Waals surface area contributed by atoms with Gasteiger partial charge in [-0.05, 0) is 25.7 Å². The zero-order valence-electron chi connectivity index (χ0n) is 10.9. The van der Waals surface area contributed by atoms with E-state index in [1.54, 1.807) is 0 Å². The van der Waals surface area contributed by atoms with Gasteiger partial charge in [-0.25, -0.2) is 0 Å². The van der Waals surface area contributed by atoms with Crippen LogP contribution < -0.4 is 5.73 Å². The van der Waals surface area contributed by atoms with E-state index in [9.17, 15) is 18.0 Å². The number of carbonyl (C=O) groups excluding carboxylic acids is 1. The quantitative estimate of drug-likeness (QED) is 0.802. The number of alkyl halides is 3. The van der Waals surface area contributed by atoms with Gasteiger partial charge in [-0.3, -0.25) is 4.79 Å². The molecule has 114 valence electrons. The molecular formula is C12H17F3N2O2S. The van der Waals surface area contributed by atoms with Gasteiger partial charge in [0, 0.05) is 19.3 Å². The fourth-order valence-electron chi connectivity index (χ4n) is 2.51. The van der Waals surface area contributed by atoms with Crippen LogP contribution in [0.2, 0.25) is 0 Å². The number of thiocarbonyl (C=S) groups is 1. The minimum atomic E-state index is -4.42. The maximum absolute atomic E-state index is 12.7. The van der Waals surface area contributed by atoms with E-state index in [1.807, 2.05) is 0 Å². The van der Waals surface area contributed by atoms with Gasteiger partial charge in [-0.15, -0.1) is 0 Å². The van der Waals surface area contributed by atoms with E-state index in [0.717, 1.165) is 4.90 Å². The van der Waals surface area contributed by atoms with Crippen molar-refractivity contribution in [3.63, 3.8) is 0 Å². The molecule has 1 saturated heterocycles. The molecule has 0 atom stereocenters. The Morgan fingerprint density at radius 1 is 1.35 bits per heavy atom. The fraction of sp³-hybridized carbons (Fsp3) is 0.833. The molecule has 0 aromatic rings. The largest absolute Gasteiger partial charge is 0.406 e. The van der Waals surface area contributed by atoms with Gasteiger partial charge in [0.1, 0.15) is 12.0 Å². The van der Waals surface area contributed by atoms with Crippen LogP contribution in [0.5, 0.6) is 0 Å². The summed E-state index contributed by atoms with van der Waals surface area (Å²) < 4.78 is 43.2. The third-order valence-electron chi connectivity index (χ3n) is 3.83. The molecule has 2 aliphatic rings. The van der Waals surface area contributed by atoms with Gasteiger partial charge in [-0.2, -0.15) is 13.2 Å². The minimum Gasteiger partial charge on any atom is -0.392 e. The molecule has 0 radical (unpaired) electrons. The van der Waals surface area contributed by atoms with Crippen LogP contribution in [0.4, 0.5) is 13.2 Å². The van der Waals surface area contributed by atoms with Crippen molar-refractivity contribution in [3.05, 3.63) is 0 Å². The molecule has 1 heterocycles. The highest BCUT2D eigenvalue weighted by molar-refractivity contribution is 7.80. The number of hydrogen-bond donors (Lipinski definition) is 1. The first-order chi connectivity index (χ1) is 9.26. The van der Waals surface area contributed by atoms with Crippen molar-refractivity contribution >= 4 is 23.1 Å². The molecule has 0 unspecified atom stereocenters. The Morgan fingerprint density at radius 2 is 1.90 bits per heavy atom. The Kier molecular flexibility index (Phi) is 4.24. The molecule has 2 N–H and O–H groups in total. The number of carbonyl (C=O) groups is 1. The van der Waals surface area contributed by atoms with Crippen molar-refractivity contribution in [3.8, 4) is 0 Å². The molecule has 1 aliphatic heterocycles. The number of hydrogen-bond acceptors (Lipinski definition) is 3. The number of rotatable bonds is 4. The highest BCUT2D eigenvalue weighted by atomic mass is 32.1. The molecule has 1 amide bonds. The second-order valence-corrected chi connectivity index (χ2v) is 5.78. The van der Waals surface area contributed by atoms with E-state index in [4.69, 9.17) is 22.7 Å². The summed E-state index contributed by atoms with van der Waals surface area (Å²) in [5.41, 5.74) is 4.49. The normalized spacial score (nSPS) is 22.4. The predicted molar refractivity (Wildman–Crippen MR) is 70.1 cm³/mol. The lowest BCUT2D eigenvalue weighted by molar-refractivity contribution is -0.169. The maximum Gasteiger partial charge on any atom is 0.406 e. The second kappa shape index (κ2) is 5.48. The van der Waals surface area contributed by atoms with Crippen LogP contribution in [-0.4, -0.2) is 47.8 Å². The predicted octanol–water partition coefficient (Wildman–Crippen LogP) is 1.62. The molecule has 0 bridgehead atoms. The van der Waals surface area contributed by atoms with Crippen LogP contribution in [0.25, 0.3) is 0 Å². The van der Waals surface area contributed by atoms with E-state index < -0.39 is 24.0 Å². The topological polar surface area (TPSA) is 55.6 Å². The smallest absolute Gasteiger partial charge is 0.392 e. The Hall–Kier alpha value is -0.890. The summed E-state index contributed by atoms with van der Waals surface area (Å²) in [4.78, 5) is 13.5. The Labute approximate surface area is 120 Å². The standard InChI is InChI=1S/C12H17F3N2O2S/c13-12(14,15)7-17(8-1-2-8)10(18)11(9(16)20)3-5-19-6-4-11/h8H,1-7H2,(H2,16,20). The molecule has 1 saturated carbocycles. The molecule has 0 spiro atoms. The van der Waals surface area contributed by atoms with Gasteiger partial charge in [-0.1, -0.05) is 12.2 Å². The van der Waals surface area contributed by atoms with Crippen molar-refractivity contribution in [2.45, 2.75) is 37.9 Å². The van der Waals surface area contributed by atoms with Crippen molar-refractivity contribution in [2.24, 2.45) is 11.1 Å². The van der Waals surface area contributed by atoms with E-state index in [2.05, 4.69) is 0 Å². The van der Waals surface area contributed by atoms with Crippen LogP contribution in [0, 0.1) is 5.41 Å². The zero-order valence-corrected chi connectivity index (χ0v) is 11.7. The average molecular weight is 310 g/mol. The highest BCUT2D eigenvalue weighted by Gasteiger charge is 2.50. The molecule has 4 nitrogen and oxygen atoms in total. The lowest BCUT2D eigenvalue weighted by Gasteiger charge is -2.39. The van der Waals surface area contributed by atoms with Gasteiger partial charge >= 0.3 is 6.18 Å². The van der Waals surface area contributed by atoms with Crippen LogP contribution in [-0.2, 0) is 9.53 Å². The van der Waals surface area contributed by atoms with Crippen LogP contribution >= 0.6 is 12.2 Å². The summed E-state index contributed by atoms with van der Waals surface area (Å²) in [5, 5.41) is 0. The first kappa shape index (κ1) is 15.5. The molecule has 0 aromatic heterocycles. The lowest BCUT2D eigenvalue weighted by Crippen LogP contribution is -2.55. The fourth-order valence-corrected chi connectivity index (χ4v) is 2.80. The minimum absolute atomic E-state index is 0.0291. The Morgan fingerprint density at radius 3 is 2.30 bits per heavy atom. The van der Waals surface area contributed by atoms with Crippen molar-refractivity contribution in [1.29, 1.82) is 0 Å². The molecule has 0 aromatic carbocycles. The van der Waals surface area contributed by atoms with Gasteiger partial charge in [0.2, 0.25) is 5.91 Å². The monoisotopic (exact) mass is 310 g/mol. The molecule has 1 aliphatic carbocycles. The summed E-state index contributed by atoms with van der Waals surface area (Å²) in [6.07, 6.45) is -2.71. The van der Waals surface area contributed by atoms with Crippen molar-refractivity contribution < 1.29 is 22.7 Å². The van der Waals surface area contributed by atoms with Gasteiger partial charge in [0.15, 0.2) is 0 Å². The summed E-state index contributed by atoms with van der Waals surface area (Å²) in [5.74, 6) is -0.590. The van der Waals surface area contributed by atoms with Crippen molar-refractivity contribution in [1.82, 2.24) is 4.90 Å². The lowest BCUT2D eigenvalue weighted by atomic mass is 9.78. The van der Waals surface area contributed by atoms with Crippen LogP contribution in [0.15, 0.2) is 0 Å². The zero-order chi connectivity index (χ0) is 15.0. The first-order valence-corrected chi connectivity index (χ1v) is 6.92. The number of nitrogens with two attached hydrogens (primary N) is 1. The molecule has 2 fully saturated rings. The third kappa shape index (κ3) is 3.22. The van der Waals surface area contributed by atoms with E-state index >= 15 is 0 Å². The average Bonchev–Trinajstić information content (AvgIpc) is 3.19. The second-order valence-electron chi connectivity index (χ2n) is 5.34. The first-order valence-electron chi connectivity index (χ1n) is 6.52. The number of ether oxygens (including phenoxy) is 1. The summed E-state index contributed by atoms with van der Waals surface area (Å²) in [7, 11) is 0. The SMILES string of the molecule is NC(=S)C1(C(=O)N(CC(F)(F)F)C2CC2)CCOCC1. The van der Waals surface area contributed by atoms with Crippen LogP contribution in [0.3, 0.4) is 0 Å². The van der Waals surface area contributed by atoms with E-state index in [1.165, 1.54) is 0 Å². The maximum atomic E-state index is 12.7. The van der Waals surface area contributed by atoms with E-state index in [0.29, 0.717) is 12.8 Å². The number of amides is 1. The molecular weight excluding hydrogens is 293 g/mol. The number of nitrogens with zero attached hydrogens (tertiary/aromatic N) is 1. The summed E-state index contributed by atoms with van der Waals surface area (Å²) >= 11 is 4.96. The third-order valence-corrected chi connectivity index (χ3v) is 4.22. The molecule has 8 heteroatoms. The van der Waals surface area contributed by atoms with Gasteiger partial charge in [0.05, 0.1) is 4.99 Å². The summed E-state index contributed by atoms with van der Waals surface area (Å²) in [6, 6.07) is -0.335. The molecule has 2 rings (SSSR count). The Balaban J connectivity index is 2.22. The van der Waals surface area contributed by atoms with Gasteiger partial charge < -0.3 is 15.4 Å². The molecule has 20 heavy (non-hydrogen) atoms. The number of halogens is 3.